The maximum atomic E-state index is 2.46. The Balaban J connectivity index is 1.10. The largest absolute Gasteiger partial charge is 0.310 e. The highest BCUT2D eigenvalue weighted by Crippen LogP contribution is 2.49. The lowest BCUT2D eigenvalue weighted by Gasteiger charge is -2.27. The Morgan fingerprint density at radius 3 is 1.38 bits per heavy atom. The van der Waals surface area contributed by atoms with Crippen LogP contribution < -0.4 is 4.90 Å². The van der Waals surface area contributed by atoms with Gasteiger partial charge < -0.3 is 4.90 Å². The van der Waals surface area contributed by atoms with Crippen molar-refractivity contribution >= 4 is 70.1 Å². The topological polar surface area (TPSA) is 3.24 Å². The molecule has 0 atom stereocenters. The van der Waals surface area contributed by atoms with Crippen LogP contribution >= 0.6 is 11.3 Å². The molecule has 272 valence electrons. The number of anilines is 3. The number of hydrogen-bond donors (Lipinski definition) is 0. The number of nitrogens with zero attached hydrogens (tertiary/aromatic N) is 1. The van der Waals surface area contributed by atoms with Gasteiger partial charge in [-0.2, -0.15) is 0 Å². The molecule has 0 amide bonds. The van der Waals surface area contributed by atoms with Crippen LogP contribution in [0.25, 0.3) is 86.2 Å². The van der Waals surface area contributed by atoms with Crippen LogP contribution in [-0.4, -0.2) is 0 Å². The summed E-state index contributed by atoms with van der Waals surface area (Å²) in [7, 11) is 0. The Labute approximate surface area is 342 Å². The van der Waals surface area contributed by atoms with Gasteiger partial charge in [-0.25, -0.2) is 0 Å². The lowest BCUT2D eigenvalue weighted by atomic mass is 9.92. The summed E-state index contributed by atoms with van der Waals surface area (Å²) in [6.07, 6.45) is 0. The van der Waals surface area contributed by atoms with Gasteiger partial charge in [0.2, 0.25) is 0 Å². The Morgan fingerprint density at radius 2 is 0.776 bits per heavy atom. The molecule has 0 aliphatic rings. The molecule has 1 heterocycles. The van der Waals surface area contributed by atoms with E-state index in [0.29, 0.717) is 0 Å². The van der Waals surface area contributed by atoms with Gasteiger partial charge in [0, 0.05) is 36.9 Å². The summed E-state index contributed by atoms with van der Waals surface area (Å²) >= 11 is 1.89. The zero-order chi connectivity index (χ0) is 38.4. The summed E-state index contributed by atoms with van der Waals surface area (Å²) in [5.41, 5.74) is 13.1. The number of benzene rings is 10. The van der Waals surface area contributed by atoms with Gasteiger partial charge in [0.15, 0.2) is 0 Å². The van der Waals surface area contributed by atoms with Crippen molar-refractivity contribution in [3.8, 4) is 44.5 Å². The maximum absolute atomic E-state index is 2.46. The Kier molecular flexibility index (Phi) is 8.42. The van der Waals surface area contributed by atoms with Crippen LogP contribution in [0.2, 0.25) is 0 Å². The first-order valence-corrected chi connectivity index (χ1v) is 20.7. The number of rotatable bonds is 7. The minimum Gasteiger partial charge on any atom is -0.310 e. The highest BCUT2D eigenvalue weighted by atomic mass is 32.1. The molecule has 0 fully saturated rings. The molecule has 0 N–H and O–H groups in total. The maximum Gasteiger partial charge on any atom is 0.0554 e. The van der Waals surface area contributed by atoms with Crippen LogP contribution in [0.5, 0.6) is 0 Å². The zero-order valence-electron chi connectivity index (χ0n) is 31.7. The van der Waals surface area contributed by atoms with E-state index in [4.69, 9.17) is 0 Å². The first kappa shape index (κ1) is 34.0. The molecule has 0 spiro atoms. The standard InChI is InChI=1S/C56H37NS/c1-3-13-38(14-4-1)40-25-27-41(28-26-40)43-31-35-46(36-32-43)57(45-33-29-42(30-34-45)39-15-5-2-6-16-39)53-23-12-24-54-55(53)52-37-51(49-20-9-10-21-50(49)56(52)58-54)48-22-11-18-44-17-7-8-19-47(44)48/h1-37H. The summed E-state index contributed by atoms with van der Waals surface area (Å²) in [5, 5.41) is 7.63. The molecule has 11 rings (SSSR count). The van der Waals surface area contributed by atoms with E-state index < -0.39 is 0 Å². The molecule has 10 aromatic carbocycles. The average Bonchev–Trinajstić information content (AvgIpc) is 3.69. The van der Waals surface area contributed by atoms with Crippen molar-refractivity contribution in [1.29, 1.82) is 0 Å². The molecule has 0 saturated carbocycles. The smallest absolute Gasteiger partial charge is 0.0554 e. The minimum absolute atomic E-state index is 1.11. The van der Waals surface area contributed by atoms with Crippen molar-refractivity contribution in [1.82, 2.24) is 0 Å². The van der Waals surface area contributed by atoms with Gasteiger partial charge in [-0.3, -0.25) is 0 Å². The fraction of sp³-hybridized carbons (Fsp3) is 0. The third kappa shape index (κ3) is 5.94. The molecule has 0 unspecified atom stereocenters. The second-order valence-electron chi connectivity index (χ2n) is 14.9. The van der Waals surface area contributed by atoms with E-state index in [1.807, 2.05) is 11.3 Å². The summed E-state index contributed by atoms with van der Waals surface area (Å²) in [6, 6.07) is 81.8. The second kappa shape index (κ2) is 14.4. The highest BCUT2D eigenvalue weighted by molar-refractivity contribution is 7.26. The van der Waals surface area contributed by atoms with E-state index in [2.05, 4.69) is 229 Å². The molecule has 1 aromatic heterocycles. The van der Waals surface area contributed by atoms with E-state index in [0.717, 1.165) is 17.1 Å². The van der Waals surface area contributed by atoms with Crippen LogP contribution in [-0.2, 0) is 0 Å². The molecule has 0 aliphatic heterocycles. The van der Waals surface area contributed by atoms with Crippen molar-refractivity contribution < 1.29 is 0 Å². The van der Waals surface area contributed by atoms with Crippen molar-refractivity contribution in [3.63, 3.8) is 0 Å². The van der Waals surface area contributed by atoms with Crippen LogP contribution in [0.3, 0.4) is 0 Å². The summed E-state index contributed by atoms with van der Waals surface area (Å²) in [5.74, 6) is 0. The molecule has 11 aromatic rings. The number of thiophene rings is 1. The van der Waals surface area contributed by atoms with Crippen molar-refractivity contribution in [2.75, 3.05) is 4.90 Å². The van der Waals surface area contributed by atoms with Gasteiger partial charge in [-0.05, 0) is 103 Å². The molecule has 1 nitrogen and oxygen atoms in total. The fourth-order valence-electron chi connectivity index (χ4n) is 8.65. The molecular formula is C56H37NS. The average molecular weight is 756 g/mol. The van der Waals surface area contributed by atoms with Crippen molar-refractivity contribution in [2.45, 2.75) is 0 Å². The minimum atomic E-state index is 1.11. The second-order valence-corrected chi connectivity index (χ2v) is 15.9. The Hall–Kier alpha value is -7.26. The summed E-state index contributed by atoms with van der Waals surface area (Å²) < 4.78 is 2.59. The third-order valence-electron chi connectivity index (χ3n) is 11.5. The van der Waals surface area contributed by atoms with Crippen molar-refractivity contribution in [2.24, 2.45) is 0 Å². The van der Waals surface area contributed by atoms with Gasteiger partial charge in [-0.1, -0.05) is 182 Å². The summed E-state index contributed by atoms with van der Waals surface area (Å²) in [4.78, 5) is 2.44. The highest BCUT2D eigenvalue weighted by Gasteiger charge is 2.21. The molecule has 0 aliphatic carbocycles. The van der Waals surface area contributed by atoms with Gasteiger partial charge in [0.05, 0.1) is 5.69 Å². The quantitative estimate of drug-likeness (QED) is 0.157. The zero-order valence-corrected chi connectivity index (χ0v) is 32.5. The van der Waals surface area contributed by atoms with E-state index in [-0.39, 0.29) is 0 Å². The molecule has 58 heavy (non-hydrogen) atoms. The van der Waals surface area contributed by atoms with Gasteiger partial charge in [0.25, 0.3) is 0 Å². The lowest BCUT2D eigenvalue weighted by Crippen LogP contribution is -2.10. The predicted molar refractivity (Wildman–Crippen MR) is 251 cm³/mol. The van der Waals surface area contributed by atoms with E-state index >= 15 is 0 Å². The normalized spacial score (nSPS) is 11.4. The van der Waals surface area contributed by atoms with E-state index in [1.54, 1.807) is 0 Å². The van der Waals surface area contributed by atoms with E-state index in [9.17, 15) is 0 Å². The molecule has 0 saturated heterocycles. The molecular weight excluding hydrogens is 719 g/mol. The Bertz CT molecular complexity index is 3230. The first-order chi connectivity index (χ1) is 28.8. The van der Waals surface area contributed by atoms with Crippen molar-refractivity contribution in [3.05, 3.63) is 224 Å². The van der Waals surface area contributed by atoms with Gasteiger partial charge in [0.1, 0.15) is 0 Å². The Morgan fingerprint density at radius 1 is 0.310 bits per heavy atom. The lowest BCUT2D eigenvalue weighted by molar-refractivity contribution is 1.30. The van der Waals surface area contributed by atoms with Crippen LogP contribution in [0.4, 0.5) is 17.1 Å². The number of hydrogen-bond acceptors (Lipinski definition) is 2. The number of fused-ring (bicyclic) bond motifs is 6. The van der Waals surface area contributed by atoms with E-state index in [1.165, 1.54) is 86.2 Å². The predicted octanol–water partition coefficient (Wildman–Crippen LogP) is 16.5. The van der Waals surface area contributed by atoms with Crippen LogP contribution in [0.15, 0.2) is 224 Å². The fourth-order valence-corrected chi connectivity index (χ4v) is 9.89. The third-order valence-corrected chi connectivity index (χ3v) is 12.7. The monoisotopic (exact) mass is 755 g/mol. The SMILES string of the molecule is c1ccc(-c2ccc(-c3ccc(N(c4ccc(-c5ccccc5)cc4)c4cccc5sc6c7ccccc7c(-c7cccc8ccccc78)cc6c45)cc3)cc2)cc1. The van der Waals surface area contributed by atoms with Gasteiger partial charge in [-0.15, -0.1) is 11.3 Å². The molecule has 2 heteroatoms. The first-order valence-electron chi connectivity index (χ1n) is 19.8. The molecule has 0 bridgehead atoms. The van der Waals surface area contributed by atoms with Crippen LogP contribution in [0.1, 0.15) is 0 Å². The molecule has 0 radical (unpaired) electrons. The summed E-state index contributed by atoms with van der Waals surface area (Å²) in [6.45, 7) is 0. The van der Waals surface area contributed by atoms with Gasteiger partial charge >= 0.3 is 0 Å². The van der Waals surface area contributed by atoms with Crippen LogP contribution in [0, 0.1) is 0 Å².